The molecule has 0 bridgehead atoms. The van der Waals surface area contributed by atoms with Gasteiger partial charge in [0.15, 0.2) is 0 Å². The van der Waals surface area contributed by atoms with Crippen LogP contribution >= 0.6 is 23.2 Å². The molecule has 0 aromatic heterocycles. The first-order chi connectivity index (χ1) is 8.10. The van der Waals surface area contributed by atoms with Crippen molar-refractivity contribution >= 4 is 34.0 Å². The highest BCUT2D eigenvalue weighted by Gasteiger charge is 2.17. The van der Waals surface area contributed by atoms with Gasteiger partial charge < -0.3 is 10.1 Å². The molecule has 96 valence electrons. The molecule has 0 aliphatic carbocycles. The molecule has 0 radical (unpaired) electrons. The zero-order chi connectivity index (χ0) is 12.8. The van der Waals surface area contributed by atoms with E-state index in [9.17, 15) is 4.21 Å². The normalized spacial score (nSPS) is 14.6. The molecule has 0 saturated carbocycles. The number of nitrogens with one attached hydrogen (secondary N) is 1. The molecule has 0 saturated heterocycles. The Bertz CT molecular complexity index is 381. The molecule has 0 amide bonds. The molecule has 1 N–H and O–H groups in total. The number of likely N-dealkylation sites (N-methyl/N-ethyl adjacent to an activating group) is 1. The Morgan fingerprint density at radius 2 is 2.00 bits per heavy atom. The molecule has 3 nitrogen and oxygen atoms in total. The van der Waals surface area contributed by atoms with Crippen molar-refractivity contribution in [2.24, 2.45) is 0 Å². The molecular formula is C11H15Cl2NO2S. The fraction of sp³-hybridized carbons (Fsp3) is 0.455. The van der Waals surface area contributed by atoms with E-state index in [4.69, 9.17) is 27.9 Å². The van der Waals surface area contributed by atoms with Crippen molar-refractivity contribution in [2.45, 2.75) is 10.9 Å². The van der Waals surface area contributed by atoms with Crippen molar-refractivity contribution in [2.75, 3.05) is 26.5 Å². The summed E-state index contributed by atoms with van der Waals surface area (Å²) >= 11 is 12.0. The van der Waals surface area contributed by atoms with Crippen LogP contribution in [-0.2, 0) is 15.5 Å². The third kappa shape index (κ3) is 4.23. The molecule has 0 spiro atoms. The van der Waals surface area contributed by atoms with Crippen molar-refractivity contribution in [3.05, 3.63) is 28.2 Å². The Kier molecular flexibility index (Phi) is 6.44. The van der Waals surface area contributed by atoms with Gasteiger partial charge in [-0.3, -0.25) is 4.21 Å². The van der Waals surface area contributed by atoms with Gasteiger partial charge in [0.05, 0.1) is 32.3 Å². The number of methoxy groups -OCH3 is 1. The van der Waals surface area contributed by atoms with Crippen molar-refractivity contribution in [1.82, 2.24) is 5.32 Å². The fourth-order valence-electron chi connectivity index (χ4n) is 1.38. The smallest absolute Gasteiger partial charge is 0.0761 e. The number of halogens is 2. The van der Waals surface area contributed by atoms with Crippen LogP contribution in [0.15, 0.2) is 23.1 Å². The molecule has 1 aromatic carbocycles. The summed E-state index contributed by atoms with van der Waals surface area (Å²) in [6.45, 7) is 0.490. The lowest BCUT2D eigenvalue weighted by Gasteiger charge is -2.15. The largest absolute Gasteiger partial charge is 0.383 e. The van der Waals surface area contributed by atoms with Crippen molar-refractivity contribution < 1.29 is 8.95 Å². The minimum Gasteiger partial charge on any atom is -0.383 e. The minimum atomic E-state index is -1.24. The minimum absolute atomic E-state index is 0.00757. The predicted octanol–water partition coefficient (Wildman–Crippen LogP) is 2.34. The lowest BCUT2D eigenvalue weighted by Crippen LogP contribution is -2.35. The summed E-state index contributed by atoms with van der Waals surface area (Å²) in [6.07, 6.45) is 0. The van der Waals surface area contributed by atoms with Crippen LogP contribution in [0.5, 0.6) is 0 Å². The van der Waals surface area contributed by atoms with E-state index in [1.54, 1.807) is 32.4 Å². The Labute approximate surface area is 114 Å². The summed E-state index contributed by atoms with van der Waals surface area (Å²) in [5.41, 5.74) is 0. The van der Waals surface area contributed by atoms with Crippen LogP contribution in [0, 0.1) is 0 Å². The third-order valence-electron chi connectivity index (χ3n) is 2.28. The van der Waals surface area contributed by atoms with Gasteiger partial charge in [-0.2, -0.15) is 0 Å². The third-order valence-corrected chi connectivity index (χ3v) is 4.73. The Morgan fingerprint density at radius 3 is 2.47 bits per heavy atom. The second kappa shape index (κ2) is 7.34. The highest BCUT2D eigenvalue weighted by molar-refractivity contribution is 7.85. The zero-order valence-corrected chi connectivity index (χ0v) is 12.0. The number of ether oxygens (including phenoxy) is 1. The zero-order valence-electron chi connectivity index (χ0n) is 9.70. The van der Waals surface area contributed by atoms with Gasteiger partial charge in [0.2, 0.25) is 0 Å². The molecular weight excluding hydrogens is 281 g/mol. The van der Waals surface area contributed by atoms with Gasteiger partial charge in [-0.15, -0.1) is 0 Å². The van der Waals surface area contributed by atoms with Crippen LogP contribution in [0.4, 0.5) is 0 Å². The van der Waals surface area contributed by atoms with E-state index in [0.717, 1.165) is 0 Å². The lowest BCUT2D eigenvalue weighted by atomic mass is 10.4. The first kappa shape index (κ1) is 14.9. The van der Waals surface area contributed by atoms with E-state index in [2.05, 4.69) is 5.32 Å². The van der Waals surface area contributed by atoms with Crippen LogP contribution in [0.1, 0.15) is 0 Å². The summed E-state index contributed by atoms with van der Waals surface area (Å²) in [5.74, 6) is 0.411. The van der Waals surface area contributed by atoms with Crippen molar-refractivity contribution in [3.63, 3.8) is 0 Å². The second-order valence-electron chi connectivity index (χ2n) is 3.50. The van der Waals surface area contributed by atoms with Crippen molar-refractivity contribution in [1.29, 1.82) is 0 Å². The average molecular weight is 296 g/mol. The van der Waals surface area contributed by atoms with Gasteiger partial charge in [0, 0.05) is 18.9 Å². The van der Waals surface area contributed by atoms with Crippen LogP contribution in [0.3, 0.4) is 0 Å². The molecule has 0 aliphatic rings. The average Bonchev–Trinajstić information content (AvgIpc) is 2.28. The van der Waals surface area contributed by atoms with E-state index in [0.29, 0.717) is 27.3 Å². The van der Waals surface area contributed by atoms with Crippen molar-refractivity contribution in [3.8, 4) is 0 Å². The highest BCUT2D eigenvalue weighted by atomic mass is 35.5. The maximum atomic E-state index is 12.2. The van der Waals surface area contributed by atoms with Crippen LogP contribution < -0.4 is 5.32 Å². The summed E-state index contributed by atoms with van der Waals surface area (Å²) in [6, 6.07) is 5.11. The number of hydrogen-bond donors (Lipinski definition) is 1. The van der Waals surface area contributed by atoms with E-state index in [1.165, 1.54) is 0 Å². The molecule has 6 heteroatoms. The lowest BCUT2D eigenvalue weighted by molar-refractivity contribution is 0.176. The number of rotatable bonds is 6. The Morgan fingerprint density at radius 1 is 1.41 bits per heavy atom. The van der Waals surface area contributed by atoms with Gasteiger partial charge in [-0.1, -0.05) is 29.3 Å². The maximum absolute atomic E-state index is 12.2. The number of hydrogen-bond acceptors (Lipinski definition) is 3. The number of benzene rings is 1. The highest BCUT2D eigenvalue weighted by Crippen LogP contribution is 2.27. The summed E-state index contributed by atoms with van der Waals surface area (Å²) in [7, 11) is 2.16. The summed E-state index contributed by atoms with van der Waals surface area (Å²) < 4.78 is 17.2. The standard InChI is InChI=1S/C11H15Cl2NO2S/c1-14-8(6-16-2)7-17(15)11-9(12)4-3-5-10(11)13/h3-5,8,14H,6-7H2,1-2H3. The fourth-order valence-corrected chi connectivity index (χ4v) is 3.66. The van der Waals surface area contributed by atoms with E-state index in [-0.39, 0.29) is 6.04 Å². The van der Waals surface area contributed by atoms with Crippen LogP contribution in [0.25, 0.3) is 0 Å². The quantitative estimate of drug-likeness (QED) is 0.875. The monoisotopic (exact) mass is 295 g/mol. The van der Waals surface area contributed by atoms with Gasteiger partial charge in [0.1, 0.15) is 0 Å². The molecule has 2 atom stereocenters. The summed E-state index contributed by atoms with van der Waals surface area (Å²) in [5, 5.41) is 3.91. The molecule has 1 aromatic rings. The first-order valence-corrected chi connectivity index (χ1v) is 7.16. The van der Waals surface area contributed by atoms with E-state index >= 15 is 0 Å². The molecule has 0 heterocycles. The van der Waals surface area contributed by atoms with Gasteiger partial charge in [-0.25, -0.2) is 0 Å². The molecule has 1 rings (SSSR count). The van der Waals surface area contributed by atoms with Gasteiger partial charge in [-0.05, 0) is 19.2 Å². The topological polar surface area (TPSA) is 38.3 Å². The Balaban J connectivity index is 2.82. The first-order valence-electron chi connectivity index (χ1n) is 5.08. The van der Waals surface area contributed by atoms with Crippen LogP contribution in [-0.4, -0.2) is 36.8 Å². The van der Waals surface area contributed by atoms with E-state index < -0.39 is 10.8 Å². The van der Waals surface area contributed by atoms with Gasteiger partial charge >= 0.3 is 0 Å². The molecule has 0 aliphatic heterocycles. The molecule has 17 heavy (non-hydrogen) atoms. The molecule has 2 unspecified atom stereocenters. The molecule has 0 fully saturated rings. The van der Waals surface area contributed by atoms with Gasteiger partial charge in [0.25, 0.3) is 0 Å². The van der Waals surface area contributed by atoms with Crippen LogP contribution in [0.2, 0.25) is 10.0 Å². The second-order valence-corrected chi connectivity index (χ2v) is 5.75. The predicted molar refractivity (Wildman–Crippen MR) is 72.5 cm³/mol. The van der Waals surface area contributed by atoms with E-state index in [1.807, 2.05) is 0 Å². The Hall–Kier alpha value is -0.130. The maximum Gasteiger partial charge on any atom is 0.0761 e. The SMILES string of the molecule is CNC(COC)CS(=O)c1c(Cl)cccc1Cl. The summed E-state index contributed by atoms with van der Waals surface area (Å²) in [4.78, 5) is 0.493.